The molecule has 1 aromatic rings. The molecule has 0 bridgehead atoms. The van der Waals surface area contributed by atoms with E-state index in [-0.39, 0.29) is 34.9 Å². The molecule has 1 aliphatic heterocycles. The smallest absolute Gasteiger partial charge is 0.338 e. The van der Waals surface area contributed by atoms with Gasteiger partial charge in [0.15, 0.2) is 0 Å². The Hall–Kier alpha value is -1.19. The van der Waals surface area contributed by atoms with Crippen LogP contribution in [-0.4, -0.2) is 54.3 Å². The molecule has 1 aliphatic rings. The summed E-state index contributed by atoms with van der Waals surface area (Å²) in [5.74, 6) is -0.529. The summed E-state index contributed by atoms with van der Waals surface area (Å²) in [4.78, 5) is 12.0. The average Bonchev–Trinajstić information content (AvgIpc) is 2.62. The Morgan fingerprint density at radius 2 is 1.96 bits per heavy atom. The molecule has 0 aromatic heterocycles. The predicted molar refractivity (Wildman–Crippen MR) is 106 cm³/mol. The van der Waals surface area contributed by atoms with Crippen molar-refractivity contribution in [2.45, 2.75) is 31.6 Å². The molecule has 7 nitrogen and oxygen atoms in total. The van der Waals surface area contributed by atoms with Gasteiger partial charge in [0, 0.05) is 19.1 Å². The van der Waals surface area contributed by atoms with Crippen LogP contribution in [0, 0.1) is 12.3 Å². The minimum atomic E-state index is -3.75. The first kappa shape index (κ1) is 23.8. The lowest BCUT2D eigenvalue weighted by atomic mass is 9.80. The molecule has 1 aromatic carbocycles. The highest BCUT2D eigenvalue weighted by Crippen LogP contribution is 2.29. The Kier molecular flexibility index (Phi) is 9.17. The van der Waals surface area contributed by atoms with Crippen LogP contribution < -0.4 is 10.0 Å². The van der Waals surface area contributed by atoms with E-state index in [1.54, 1.807) is 33.1 Å². The number of hydrogen-bond donors (Lipinski definition) is 2. The first-order chi connectivity index (χ1) is 12.3. The molecule has 1 fully saturated rings. The Morgan fingerprint density at radius 1 is 1.30 bits per heavy atom. The van der Waals surface area contributed by atoms with E-state index in [2.05, 4.69) is 10.0 Å². The zero-order valence-electron chi connectivity index (χ0n) is 16.0. The summed E-state index contributed by atoms with van der Waals surface area (Å²) in [5.41, 5.74) is 0.586. The lowest BCUT2D eigenvalue weighted by molar-refractivity contribution is 0.0526. The van der Waals surface area contributed by atoms with Gasteiger partial charge in [-0.3, -0.25) is 0 Å². The highest BCUT2D eigenvalue weighted by molar-refractivity contribution is 7.89. The monoisotopic (exact) mass is 420 g/mol. The molecule has 0 unspecified atom stereocenters. The van der Waals surface area contributed by atoms with Gasteiger partial charge in [0.05, 0.1) is 23.7 Å². The van der Waals surface area contributed by atoms with Crippen LogP contribution in [0.5, 0.6) is 0 Å². The molecule has 2 N–H and O–H groups in total. The number of piperidine rings is 1. The fraction of sp³-hybridized carbons (Fsp3) is 0.611. The van der Waals surface area contributed by atoms with E-state index in [9.17, 15) is 13.2 Å². The number of ether oxygens (including phenoxy) is 2. The number of sulfonamides is 1. The Morgan fingerprint density at radius 3 is 2.56 bits per heavy atom. The number of nitrogens with one attached hydrogen (secondary N) is 2. The number of carbonyl (C=O) groups excluding carboxylic acids is 1. The van der Waals surface area contributed by atoms with Gasteiger partial charge in [-0.25, -0.2) is 17.9 Å². The zero-order chi connectivity index (χ0) is 19.2. The van der Waals surface area contributed by atoms with Crippen LogP contribution in [-0.2, 0) is 19.5 Å². The predicted octanol–water partition coefficient (Wildman–Crippen LogP) is 1.89. The van der Waals surface area contributed by atoms with Crippen molar-refractivity contribution in [2.75, 3.05) is 40.0 Å². The number of benzene rings is 1. The zero-order valence-corrected chi connectivity index (χ0v) is 17.7. The van der Waals surface area contributed by atoms with E-state index in [0.717, 1.165) is 25.9 Å². The Labute approximate surface area is 167 Å². The maximum absolute atomic E-state index is 12.9. The molecule has 1 heterocycles. The highest BCUT2D eigenvalue weighted by Gasteiger charge is 2.34. The van der Waals surface area contributed by atoms with Crippen LogP contribution in [0.2, 0.25) is 0 Å². The van der Waals surface area contributed by atoms with Gasteiger partial charge >= 0.3 is 5.97 Å². The van der Waals surface area contributed by atoms with Crippen molar-refractivity contribution in [1.29, 1.82) is 0 Å². The van der Waals surface area contributed by atoms with Crippen molar-refractivity contribution in [2.24, 2.45) is 5.41 Å². The van der Waals surface area contributed by atoms with Gasteiger partial charge in [0.2, 0.25) is 10.0 Å². The molecule has 154 valence electrons. The van der Waals surface area contributed by atoms with Crippen molar-refractivity contribution < 1.29 is 22.7 Å². The number of methoxy groups -OCH3 is 1. The minimum Gasteiger partial charge on any atom is -0.462 e. The van der Waals surface area contributed by atoms with Crippen LogP contribution in [0.3, 0.4) is 0 Å². The minimum absolute atomic E-state index is 0. The van der Waals surface area contributed by atoms with Crippen molar-refractivity contribution in [1.82, 2.24) is 10.0 Å². The first-order valence-corrected chi connectivity index (χ1v) is 10.3. The maximum Gasteiger partial charge on any atom is 0.338 e. The molecule has 0 atom stereocenters. The maximum atomic E-state index is 12.9. The second-order valence-corrected chi connectivity index (χ2v) is 8.44. The van der Waals surface area contributed by atoms with Crippen molar-refractivity contribution >= 4 is 28.4 Å². The number of esters is 1. The third kappa shape index (κ3) is 6.15. The van der Waals surface area contributed by atoms with Gasteiger partial charge in [-0.15, -0.1) is 12.4 Å². The summed E-state index contributed by atoms with van der Waals surface area (Å²) in [5, 5.41) is 3.28. The van der Waals surface area contributed by atoms with Crippen LogP contribution >= 0.6 is 12.4 Å². The van der Waals surface area contributed by atoms with Crippen molar-refractivity contribution in [3.63, 3.8) is 0 Å². The summed E-state index contributed by atoms with van der Waals surface area (Å²) in [6.07, 6.45) is 1.68. The normalized spacial score (nSPS) is 16.4. The highest BCUT2D eigenvalue weighted by atomic mass is 35.5. The van der Waals surface area contributed by atoms with E-state index in [0.29, 0.717) is 18.7 Å². The number of carbonyl (C=O) groups is 1. The van der Waals surface area contributed by atoms with Crippen LogP contribution in [0.4, 0.5) is 0 Å². The molecule has 9 heteroatoms. The van der Waals surface area contributed by atoms with Gasteiger partial charge in [0.25, 0.3) is 0 Å². The molecular weight excluding hydrogens is 392 g/mol. The molecule has 0 amide bonds. The number of hydrogen-bond acceptors (Lipinski definition) is 6. The summed E-state index contributed by atoms with van der Waals surface area (Å²) in [6, 6.07) is 4.57. The first-order valence-electron chi connectivity index (χ1n) is 8.81. The van der Waals surface area contributed by atoms with Gasteiger partial charge in [-0.2, -0.15) is 0 Å². The molecule has 0 spiro atoms. The van der Waals surface area contributed by atoms with Gasteiger partial charge in [-0.1, -0.05) is 6.07 Å². The van der Waals surface area contributed by atoms with E-state index in [1.807, 2.05) is 0 Å². The Bertz CT molecular complexity index is 728. The lowest BCUT2D eigenvalue weighted by Crippen LogP contribution is -2.47. The summed E-state index contributed by atoms with van der Waals surface area (Å²) in [6.45, 7) is 6.12. The topological polar surface area (TPSA) is 93.7 Å². The standard InChI is InChI=1S/C18H28N2O5S.ClH/c1-4-25-17(21)15-6-5-14(2)16(11-15)26(22,23)20-12-18(13-24-3)7-9-19-10-8-18;/h5-6,11,19-20H,4,7-10,12-13H2,1-3H3;1H. The van der Waals surface area contributed by atoms with Crippen molar-refractivity contribution in [3.05, 3.63) is 29.3 Å². The van der Waals surface area contributed by atoms with Crippen LogP contribution in [0.25, 0.3) is 0 Å². The van der Waals surface area contributed by atoms with E-state index < -0.39 is 16.0 Å². The molecular formula is C18H29ClN2O5S. The van der Waals surface area contributed by atoms with Gasteiger partial charge < -0.3 is 14.8 Å². The van der Waals surface area contributed by atoms with Crippen LogP contribution in [0.15, 0.2) is 23.1 Å². The third-order valence-electron chi connectivity index (χ3n) is 4.74. The van der Waals surface area contributed by atoms with Crippen LogP contribution in [0.1, 0.15) is 35.7 Å². The number of aryl methyl sites for hydroxylation is 1. The number of halogens is 1. The summed E-state index contributed by atoms with van der Waals surface area (Å²) in [7, 11) is -2.12. The molecule has 0 radical (unpaired) electrons. The second-order valence-electron chi connectivity index (χ2n) is 6.71. The Balaban J connectivity index is 0.00000364. The fourth-order valence-corrected chi connectivity index (χ4v) is 4.62. The molecule has 0 saturated carbocycles. The molecule has 27 heavy (non-hydrogen) atoms. The lowest BCUT2D eigenvalue weighted by Gasteiger charge is -2.37. The van der Waals surface area contributed by atoms with Gasteiger partial charge in [-0.05, 0) is 57.5 Å². The second kappa shape index (κ2) is 10.4. The van der Waals surface area contributed by atoms with Crippen molar-refractivity contribution in [3.8, 4) is 0 Å². The summed E-state index contributed by atoms with van der Waals surface area (Å²) < 4.78 is 38.7. The quantitative estimate of drug-likeness (QED) is 0.624. The molecule has 2 rings (SSSR count). The fourth-order valence-electron chi connectivity index (χ4n) is 3.19. The van der Waals surface area contributed by atoms with E-state index in [4.69, 9.17) is 9.47 Å². The molecule has 0 aliphatic carbocycles. The number of rotatable bonds is 8. The largest absolute Gasteiger partial charge is 0.462 e. The SMILES string of the molecule is CCOC(=O)c1ccc(C)c(S(=O)(=O)NCC2(COC)CCNCC2)c1.Cl. The van der Waals surface area contributed by atoms with E-state index >= 15 is 0 Å². The van der Waals surface area contributed by atoms with E-state index in [1.165, 1.54) is 6.07 Å². The summed E-state index contributed by atoms with van der Waals surface area (Å²) >= 11 is 0. The van der Waals surface area contributed by atoms with Gasteiger partial charge in [0.1, 0.15) is 0 Å². The third-order valence-corrected chi connectivity index (χ3v) is 6.28. The average molecular weight is 421 g/mol. The molecule has 1 saturated heterocycles.